The first-order valence-corrected chi connectivity index (χ1v) is 14.8. The van der Waals surface area contributed by atoms with Gasteiger partial charge in [0.25, 0.3) is 11.5 Å². The van der Waals surface area contributed by atoms with E-state index >= 15 is 0 Å². The molecule has 7 nitrogen and oxygen atoms in total. The normalized spacial score (nSPS) is 16.5. The maximum atomic E-state index is 14.5. The van der Waals surface area contributed by atoms with Crippen molar-refractivity contribution in [2.45, 2.75) is 26.8 Å². The highest BCUT2D eigenvalue weighted by atomic mass is 32.2. The molecule has 2 saturated heterocycles. The molecule has 0 radical (unpaired) electrons. The molecule has 3 aromatic rings. The summed E-state index contributed by atoms with van der Waals surface area (Å²) in [5, 5.41) is 9.87. The molecular weight excluding hydrogens is 558 g/mol. The van der Waals surface area contributed by atoms with E-state index < -0.39 is 0 Å². The van der Waals surface area contributed by atoms with Crippen LogP contribution in [0.2, 0.25) is 0 Å². The summed E-state index contributed by atoms with van der Waals surface area (Å²) in [5.74, 6) is 0.214. The fourth-order valence-electron chi connectivity index (χ4n) is 5.36. The van der Waals surface area contributed by atoms with Gasteiger partial charge >= 0.3 is 0 Å². The topological polar surface area (TPSA) is 72.6 Å². The molecule has 210 valence electrons. The molecule has 1 aromatic heterocycles. The van der Waals surface area contributed by atoms with E-state index in [1.165, 1.54) is 17.8 Å². The minimum absolute atomic E-state index is 0.0615. The Hall–Kier alpha value is -3.94. The van der Waals surface area contributed by atoms with Gasteiger partial charge in [0, 0.05) is 44.8 Å². The van der Waals surface area contributed by atoms with Crippen molar-refractivity contribution in [1.82, 2.24) is 9.47 Å². The number of hydrogen-bond acceptors (Lipinski definition) is 7. The molecule has 0 bridgehead atoms. The van der Waals surface area contributed by atoms with Crippen LogP contribution in [0.1, 0.15) is 29.2 Å². The largest absolute Gasteiger partial charge is 0.366 e. The van der Waals surface area contributed by atoms with Crippen LogP contribution in [0.5, 0.6) is 0 Å². The fraction of sp³-hybridized carbons (Fsp3) is 0.290. The third kappa shape index (κ3) is 5.65. The van der Waals surface area contributed by atoms with Crippen molar-refractivity contribution in [3.05, 3.63) is 97.9 Å². The molecule has 3 heterocycles. The van der Waals surface area contributed by atoms with Crippen LogP contribution in [0, 0.1) is 24.1 Å². The van der Waals surface area contributed by atoms with E-state index in [1.807, 2.05) is 48.2 Å². The zero-order chi connectivity index (χ0) is 29.1. The number of halogens is 1. The number of nitriles is 1. The SMILES string of the molecule is CCn1c(N2CCN(c3ccccc3F)CC2)c(C=C2SC(=S)N(CCc3ccccc3)C2=O)c(C)c(C#N)c1=O. The van der Waals surface area contributed by atoms with Gasteiger partial charge in [-0.3, -0.25) is 19.1 Å². The van der Waals surface area contributed by atoms with Crippen LogP contribution in [0.4, 0.5) is 15.9 Å². The Morgan fingerprint density at radius 3 is 2.34 bits per heavy atom. The molecule has 10 heteroatoms. The molecular formula is C31H30FN5O2S2. The average Bonchev–Trinajstić information content (AvgIpc) is 3.25. The van der Waals surface area contributed by atoms with Crippen molar-refractivity contribution in [2.24, 2.45) is 0 Å². The van der Waals surface area contributed by atoms with Crippen molar-refractivity contribution in [3.8, 4) is 6.07 Å². The smallest absolute Gasteiger partial charge is 0.270 e. The van der Waals surface area contributed by atoms with E-state index in [0.29, 0.717) is 77.5 Å². The third-order valence-electron chi connectivity index (χ3n) is 7.55. The first-order valence-electron chi connectivity index (χ1n) is 13.5. The number of amides is 1. The molecule has 0 spiro atoms. The Labute approximate surface area is 248 Å². The average molecular weight is 588 g/mol. The summed E-state index contributed by atoms with van der Waals surface area (Å²) in [6, 6.07) is 18.7. The summed E-state index contributed by atoms with van der Waals surface area (Å²) in [5.41, 5.74) is 2.56. The molecule has 41 heavy (non-hydrogen) atoms. The van der Waals surface area contributed by atoms with Crippen molar-refractivity contribution >= 4 is 51.8 Å². The molecule has 1 amide bonds. The second-order valence-corrected chi connectivity index (χ2v) is 11.6. The molecule has 2 fully saturated rings. The van der Waals surface area contributed by atoms with E-state index in [-0.39, 0.29) is 22.8 Å². The van der Waals surface area contributed by atoms with Gasteiger partial charge in [-0.15, -0.1) is 0 Å². The molecule has 0 unspecified atom stereocenters. The van der Waals surface area contributed by atoms with Gasteiger partial charge in [-0.25, -0.2) is 4.39 Å². The van der Waals surface area contributed by atoms with Crippen LogP contribution in [-0.2, 0) is 17.8 Å². The molecule has 2 aromatic carbocycles. The number of anilines is 2. The van der Waals surface area contributed by atoms with E-state index in [9.17, 15) is 19.2 Å². The van der Waals surface area contributed by atoms with Gasteiger partial charge in [0.05, 0.1) is 10.6 Å². The van der Waals surface area contributed by atoms with Crippen LogP contribution in [0.3, 0.4) is 0 Å². The molecule has 0 atom stereocenters. The Bertz CT molecular complexity index is 1620. The number of benzene rings is 2. The number of hydrogen-bond donors (Lipinski definition) is 0. The third-order valence-corrected chi connectivity index (χ3v) is 8.93. The van der Waals surface area contributed by atoms with Crippen molar-refractivity contribution in [3.63, 3.8) is 0 Å². The maximum absolute atomic E-state index is 14.5. The second-order valence-electron chi connectivity index (χ2n) is 9.89. The van der Waals surface area contributed by atoms with Crippen LogP contribution >= 0.6 is 24.0 Å². The fourth-order valence-corrected chi connectivity index (χ4v) is 6.65. The lowest BCUT2D eigenvalue weighted by atomic mass is 10.0. The highest BCUT2D eigenvalue weighted by Crippen LogP contribution is 2.36. The highest BCUT2D eigenvalue weighted by molar-refractivity contribution is 8.26. The maximum Gasteiger partial charge on any atom is 0.270 e. The zero-order valence-electron chi connectivity index (χ0n) is 23.0. The first kappa shape index (κ1) is 28.6. The standard InChI is InChI=1S/C31H30FN5O2S2/c1-3-36-28(35-17-15-34(16-18-35)26-12-8-7-11-25(26)32)23(21(2)24(20-33)29(36)38)19-27-30(39)37(31(40)41-27)14-13-22-9-5-4-6-10-22/h4-12,19H,3,13-18H2,1-2H3. The lowest BCUT2D eigenvalue weighted by Gasteiger charge is -2.39. The summed E-state index contributed by atoms with van der Waals surface area (Å²) < 4.78 is 16.5. The number of rotatable bonds is 7. The number of thioether (sulfide) groups is 1. The highest BCUT2D eigenvalue weighted by Gasteiger charge is 2.33. The van der Waals surface area contributed by atoms with Gasteiger partial charge in [-0.05, 0) is 49.6 Å². The summed E-state index contributed by atoms with van der Waals surface area (Å²) in [6.45, 7) is 6.63. The summed E-state index contributed by atoms with van der Waals surface area (Å²) in [4.78, 5) is 33.0. The number of pyridine rings is 1. The van der Waals surface area contributed by atoms with E-state index in [0.717, 1.165) is 5.56 Å². The van der Waals surface area contributed by atoms with Gasteiger partial charge in [-0.1, -0.05) is 66.4 Å². The van der Waals surface area contributed by atoms with Gasteiger partial charge in [-0.2, -0.15) is 5.26 Å². The van der Waals surface area contributed by atoms with Crippen LogP contribution in [0.15, 0.2) is 64.3 Å². The van der Waals surface area contributed by atoms with Crippen LogP contribution in [-0.4, -0.2) is 52.4 Å². The lowest BCUT2D eigenvalue weighted by Crippen LogP contribution is -2.49. The molecule has 5 rings (SSSR count). The number of thiocarbonyl (C=S) groups is 1. The molecule has 0 aliphatic carbocycles. The quantitative estimate of drug-likeness (QED) is 0.286. The van der Waals surface area contributed by atoms with Crippen molar-refractivity contribution < 1.29 is 9.18 Å². The minimum Gasteiger partial charge on any atom is -0.366 e. The number of carbonyl (C=O) groups excluding carboxylic acids is 1. The van der Waals surface area contributed by atoms with E-state index in [4.69, 9.17) is 12.2 Å². The predicted molar refractivity (Wildman–Crippen MR) is 167 cm³/mol. The van der Waals surface area contributed by atoms with Crippen LogP contribution < -0.4 is 15.4 Å². The predicted octanol–water partition coefficient (Wildman–Crippen LogP) is 4.96. The molecule has 0 saturated carbocycles. The molecule has 2 aliphatic heterocycles. The Kier molecular flexibility index (Phi) is 8.57. The lowest BCUT2D eigenvalue weighted by molar-refractivity contribution is -0.122. The summed E-state index contributed by atoms with van der Waals surface area (Å²) >= 11 is 6.81. The van der Waals surface area contributed by atoms with Crippen LogP contribution in [0.25, 0.3) is 6.08 Å². The van der Waals surface area contributed by atoms with Crippen molar-refractivity contribution in [2.75, 3.05) is 42.5 Å². The summed E-state index contributed by atoms with van der Waals surface area (Å²) in [6.07, 6.45) is 2.46. The zero-order valence-corrected chi connectivity index (χ0v) is 24.6. The number of piperazine rings is 1. The van der Waals surface area contributed by atoms with Gasteiger partial charge in [0.15, 0.2) is 0 Å². The summed E-state index contributed by atoms with van der Waals surface area (Å²) in [7, 11) is 0. The monoisotopic (exact) mass is 587 g/mol. The number of carbonyl (C=O) groups is 1. The number of aromatic nitrogens is 1. The molecule has 2 aliphatic rings. The molecule has 0 N–H and O–H groups in total. The Morgan fingerprint density at radius 2 is 1.68 bits per heavy atom. The second kappa shape index (κ2) is 12.3. The van der Waals surface area contributed by atoms with Crippen molar-refractivity contribution in [1.29, 1.82) is 5.26 Å². The number of nitrogens with zero attached hydrogens (tertiary/aromatic N) is 5. The minimum atomic E-state index is -0.355. The van der Waals surface area contributed by atoms with Gasteiger partial charge in [0.2, 0.25) is 0 Å². The number of para-hydroxylation sites is 1. The van der Waals surface area contributed by atoms with Gasteiger partial charge in [0.1, 0.15) is 27.6 Å². The first-order chi connectivity index (χ1) is 19.8. The van der Waals surface area contributed by atoms with E-state index in [2.05, 4.69) is 11.0 Å². The van der Waals surface area contributed by atoms with E-state index in [1.54, 1.807) is 34.6 Å². The van der Waals surface area contributed by atoms with Gasteiger partial charge < -0.3 is 9.80 Å². The Balaban J connectivity index is 1.49. The Morgan fingerprint density at radius 1 is 1.02 bits per heavy atom.